The summed E-state index contributed by atoms with van der Waals surface area (Å²) in [7, 11) is 0. The maximum absolute atomic E-state index is 13.0. The fourth-order valence-corrected chi connectivity index (χ4v) is 5.10. The van der Waals surface area contributed by atoms with Gasteiger partial charge in [0.2, 0.25) is 0 Å². The molecule has 1 saturated heterocycles. The Kier molecular flexibility index (Phi) is 4.25. The van der Waals surface area contributed by atoms with Crippen LogP contribution in [0.3, 0.4) is 0 Å². The number of urea groups is 1. The van der Waals surface area contributed by atoms with Gasteiger partial charge in [-0.1, -0.05) is 43.2 Å². The number of aliphatic hydroxyl groups excluding tert-OH is 1. The zero-order valence-electron chi connectivity index (χ0n) is 14.3. The number of hydrogen-bond acceptors (Lipinski definition) is 2. The molecule has 1 aromatic rings. The van der Waals surface area contributed by atoms with E-state index in [-0.39, 0.29) is 23.7 Å². The lowest BCUT2D eigenvalue weighted by molar-refractivity contribution is -0.0802. The molecule has 2 atom stereocenters. The molecule has 1 aromatic carbocycles. The standard InChI is InChI=1S/C20H28N2O2/c23-18-11-9-17(10-12-18)21-19(24)22-14-16-8-4-5-13-20(16,22)15-6-2-1-3-7-15/h1-3,6-7,16-18,23H,4-5,8-14H2,(H,21,24). The van der Waals surface area contributed by atoms with Crippen LogP contribution in [0.1, 0.15) is 56.9 Å². The van der Waals surface area contributed by atoms with Crippen molar-refractivity contribution in [1.29, 1.82) is 0 Å². The molecule has 1 aliphatic heterocycles. The van der Waals surface area contributed by atoms with Crippen molar-refractivity contribution in [2.24, 2.45) is 5.92 Å². The van der Waals surface area contributed by atoms with Gasteiger partial charge < -0.3 is 15.3 Å². The number of nitrogens with one attached hydrogen (secondary N) is 1. The minimum Gasteiger partial charge on any atom is -0.393 e. The number of likely N-dealkylation sites (tertiary alicyclic amines) is 1. The minimum absolute atomic E-state index is 0.0855. The summed E-state index contributed by atoms with van der Waals surface area (Å²) in [5.41, 5.74) is 1.22. The van der Waals surface area contributed by atoms with Gasteiger partial charge in [-0.2, -0.15) is 0 Å². The lowest BCUT2D eigenvalue weighted by Crippen LogP contribution is -2.69. The van der Waals surface area contributed by atoms with Gasteiger partial charge in [-0.05, 0) is 44.1 Å². The third-order valence-corrected chi connectivity index (χ3v) is 6.46. The molecule has 2 aliphatic carbocycles. The molecule has 130 valence electrons. The van der Waals surface area contributed by atoms with Crippen molar-refractivity contribution < 1.29 is 9.90 Å². The van der Waals surface area contributed by atoms with Crippen molar-refractivity contribution in [3.05, 3.63) is 35.9 Å². The zero-order valence-corrected chi connectivity index (χ0v) is 14.3. The van der Waals surface area contributed by atoms with Gasteiger partial charge in [0.05, 0.1) is 11.6 Å². The number of aliphatic hydroxyl groups is 1. The SMILES string of the molecule is O=C(NC1CCC(O)CC1)N1CC2CCCCC21c1ccccc1. The molecular formula is C20H28N2O2. The molecule has 1 heterocycles. The Bertz CT molecular complexity index is 583. The van der Waals surface area contributed by atoms with E-state index in [1.54, 1.807) is 0 Å². The third kappa shape index (κ3) is 2.61. The first kappa shape index (κ1) is 15.9. The van der Waals surface area contributed by atoms with E-state index in [1.165, 1.54) is 24.8 Å². The third-order valence-electron chi connectivity index (χ3n) is 6.46. The highest BCUT2D eigenvalue weighted by atomic mass is 16.3. The van der Waals surface area contributed by atoms with Crippen molar-refractivity contribution in [2.45, 2.75) is 69.1 Å². The van der Waals surface area contributed by atoms with Crippen LogP contribution in [-0.2, 0) is 5.54 Å². The van der Waals surface area contributed by atoms with Crippen LogP contribution in [0.2, 0.25) is 0 Å². The number of carbonyl (C=O) groups excluding carboxylic acids is 1. The number of fused-ring (bicyclic) bond motifs is 1. The van der Waals surface area contributed by atoms with Crippen molar-refractivity contribution in [2.75, 3.05) is 6.54 Å². The van der Waals surface area contributed by atoms with Crippen LogP contribution in [0.15, 0.2) is 30.3 Å². The van der Waals surface area contributed by atoms with E-state index in [1.807, 2.05) is 6.07 Å². The Balaban J connectivity index is 1.51. The van der Waals surface area contributed by atoms with Gasteiger partial charge in [-0.25, -0.2) is 4.79 Å². The van der Waals surface area contributed by atoms with E-state index in [4.69, 9.17) is 0 Å². The van der Waals surface area contributed by atoms with Crippen LogP contribution in [0, 0.1) is 5.92 Å². The normalized spacial score (nSPS) is 35.7. The van der Waals surface area contributed by atoms with Crippen LogP contribution >= 0.6 is 0 Å². The van der Waals surface area contributed by atoms with E-state index in [9.17, 15) is 9.90 Å². The summed E-state index contributed by atoms with van der Waals surface area (Å²) in [6.45, 7) is 0.885. The molecule has 3 fully saturated rings. The van der Waals surface area contributed by atoms with E-state index < -0.39 is 0 Å². The minimum atomic E-state index is -0.180. The highest BCUT2D eigenvalue weighted by molar-refractivity contribution is 5.77. The summed E-state index contributed by atoms with van der Waals surface area (Å²) in [6, 6.07) is 10.9. The fourth-order valence-electron chi connectivity index (χ4n) is 5.10. The lowest BCUT2D eigenvalue weighted by Gasteiger charge is -2.61. The number of carbonyl (C=O) groups is 1. The van der Waals surface area contributed by atoms with Crippen LogP contribution in [0.5, 0.6) is 0 Å². The predicted octanol–water partition coefficient (Wildman–Crippen LogP) is 3.40. The van der Waals surface area contributed by atoms with E-state index in [0.29, 0.717) is 5.92 Å². The number of amides is 2. The molecule has 24 heavy (non-hydrogen) atoms. The molecule has 4 nitrogen and oxygen atoms in total. The average Bonchev–Trinajstić information content (AvgIpc) is 2.59. The Morgan fingerprint density at radius 3 is 2.54 bits per heavy atom. The molecule has 4 rings (SSSR count). The molecule has 3 aliphatic rings. The quantitative estimate of drug-likeness (QED) is 0.874. The Hall–Kier alpha value is -1.55. The number of rotatable bonds is 2. The second kappa shape index (κ2) is 6.40. The van der Waals surface area contributed by atoms with E-state index in [2.05, 4.69) is 34.5 Å². The summed E-state index contributed by atoms with van der Waals surface area (Å²) in [5, 5.41) is 12.9. The Morgan fingerprint density at radius 2 is 1.83 bits per heavy atom. The van der Waals surface area contributed by atoms with Gasteiger partial charge in [0.25, 0.3) is 0 Å². The van der Waals surface area contributed by atoms with Gasteiger partial charge in [-0.3, -0.25) is 0 Å². The number of benzene rings is 1. The first-order chi connectivity index (χ1) is 11.7. The second-order valence-electron chi connectivity index (χ2n) is 7.80. The maximum Gasteiger partial charge on any atom is 0.318 e. The first-order valence-electron chi connectivity index (χ1n) is 9.52. The molecule has 2 N–H and O–H groups in total. The van der Waals surface area contributed by atoms with E-state index in [0.717, 1.165) is 38.6 Å². The van der Waals surface area contributed by atoms with Gasteiger partial charge in [0, 0.05) is 18.5 Å². The summed E-state index contributed by atoms with van der Waals surface area (Å²) in [6.07, 6.45) is 8.01. The monoisotopic (exact) mass is 328 g/mol. The molecule has 4 heteroatoms. The lowest BCUT2D eigenvalue weighted by atomic mass is 9.62. The highest BCUT2D eigenvalue weighted by Crippen LogP contribution is 2.53. The van der Waals surface area contributed by atoms with Crippen LogP contribution in [-0.4, -0.2) is 34.7 Å². The van der Waals surface area contributed by atoms with Crippen LogP contribution in [0.4, 0.5) is 4.79 Å². The van der Waals surface area contributed by atoms with Crippen molar-refractivity contribution in [3.8, 4) is 0 Å². The molecule has 0 spiro atoms. The molecule has 2 saturated carbocycles. The van der Waals surface area contributed by atoms with Crippen LogP contribution in [0.25, 0.3) is 0 Å². The summed E-state index contributed by atoms with van der Waals surface area (Å²) < 4.78 is 0. The van der Waals surface area contributed by atoms with Crippen LogP contribution < -0.4 is 5.32 Å². The van der Waals surface area contributed by atoms with Crippen molar-refractivity contribution in [3.63, 3.8) is 0 Å². The van der Waals surface area contributed by atoms with Gasteiger partial charge in [0.15, 0.2) is 0 Å². The maximum atomic E-state index is 13.0. The number of nitrogens with zero attached hydrogens (tertiary/aromatic N) is 1. The largest absolute Gasteiger partial charge is 0.393 e. The molecule has 0 radical (unpaired) electrons. The van der Waals surface area contributed by atoms with Gasteiger partial charge in [-0.15, -0.1) is 0 Å². The average molecular weight is 328 g/mol. The molecule has 2 amide bonds. The zero-order chi connectivity index (χ0) is 16.6. The molecule has 0 bridgehead atoms. The molecule has 0 aromatic heterocycles. The molecule has 2 unspecified atom stereocenters. The molecular weight excluding hydrogens is 300 g/mol. The smallest absolute Gasteiger partial charge is 0.318 e. The summed E-state index contributed by atoms with van der Waals surface area (Å²) in [5.74, 6) is 0.604. The first-order valence-corrected chi connectivity index (χ1v) is 9.52. The van der Waals surface area contributed by atoms with Crippen molar-refractivity contribution >= 4 is 6.03 Å². The Morgan fingerprint density at radius 1 is 1.08 bits per heavy atom. The topological polar surface area (TPSA) is 52.6 Å². The second-order valence-corrected chi connectivity index (χ2v) is 7.80. The highest BCUT2D eigenvalue weighted by Gasteiger charge is 2.57. The van der Waals surface area contributed by atoms with Gasteiger partial charge >= 0.3 is 6.03 Å². The van der Waals surface area contributed by atoms with E-state index >= 15 is 0 Å². The summed E-state index contributed by atoms with van der Waals surface area (Å²) in [4.78, 5) is 15.1. The van der Waals surface area contributed by atoms with Crippen molar-refractivity contribution in [1.82, 2.24) is 10.2 Å². The summed E-state index contributed by atoms with van der Waals surface area (Å²) >= 11 is 0. The van der Waals surface area contributed by atoms with Gasteiger partial charge in [0.1, 0.15) is 0 Å². The number of hydrogen-bond donors (Lipinski definition) is 2. The predicted molar refractivity (Wildman–Crippen MR) is 93.6 cm³/mol. The fraction of sp³-hybridized carbons (Fsp3) is 0.650. The Labute approximate surface area is 144 Å².